The molecule has 2 aromatic heterocycles. The molecule has 2 N–H and O–H groups in total. The molecule has 0 unspecified atom stereocenters. The van der Waals surface area contributed by atoms with E-state index in [-0.39, 0.29) is 11.5 Å². The quantitative estimate of drug-likeness (QED) is 0.690. The predicted octanol–water partition coefficient (Wildman–Crippen LogP) is 0.652. The van der Waals surface area contributed by atoms with Crippen LogP contribution in [0.25, 0.3) is 11.1 Å². The number of hydrogen-bond acceptors (Lipinski definition) is 4. The number of carbonyl (C=O) groups is 1. The number of aryl methyl sites for hydroxylation is 1. The maximum Gasteiger partial charge on any atom is 0.227 e. The van der Waals surface area contributed by atoms with Gasteiger partial charge in [0.25, 0.3) is 0 Å². The number of aromatic nitrogens is 1. The van der Waals surface area contributed by atoms with E-state index >= 15 is 0 Å². The lowest BCUT2D eigenvalue weighted by Crippen LogP contribution is -2.02. The van der Waals surface area contributed by atoms with Crippen molar-refractivity contribution in [2.24, 2.45) is 7.05 Å². The Labute approximate surface area is 79.2 Å². The number of nitrogens with zero attached hydrogens (tertiary/aromatic N) is 1. The van der Waals surface area contributed by atoms with Gasteiger partial charge in [-0.3, -0.25) is 4.79 Å². The molecule has 0 bridgehead atoms. The first kappa shape index (κ1) is 8.83. The van der Waals surface area contributed by atoms with Crippen LogP contribution in [0.3, 0.4) is 0 Å². The SMILES string of the molecule is Cn1ccc2oc(C(=O)CO)c(O)c21. The summed E-state index contributed by atoms with van der Waals surface area (Å²) in [5.74, 6) is -1.03. The second-order valence-electron chi connectivity index (χ2n) is 3.00. The molecule has 0 amide bonds. The number of ketones is 1. The van der Waals surface area contributed by atoms with E-state index in [4.69, 9.17) is 9.52 Å². The van der Waals surface area contributed by atoms with Crippen molar-refractivity contribution in [1.29, 1.82) is 0 Å². The lowest BCUT2D eigenvalue weighted by Gasteiger charge is -1.94. The van der Waals surface area contributed by atoms with Gasteiger partial charge in [0, 0.05) is 13.2 Å². The molecular formula is C9H9NO4. The summed E-state index contributed by atoms with van der Waals surface area (Å²) in [5, 5.41) is 18.2. The van der Waals surface area contributed by atoms with Gasteiger partial charge in [-0.25, -0.2) is 0 Å². The number of aliphatic hydroxyl groups is 1. The van der Waals surface area contributed by atoms with Crippen LogP contribution in [0.5, 0.6) is 5.75 Å². The van der Waals surface area contributed by atoms with Gasteiger partial charge in [-0.05, 0) is 6.07 Å². The minimum atomic E-state index is -0.673. The van der Waals surface area contributed by atoms with E-state index < -0.39 is 12.4 Å². The predicted molar refractivity (Wildman–Crippen MR) is 48.3 cm³/mol. The van der Waals surface area contributed by atoms with Crippen LogP contribution in [0.2, 0.25) is 0 Å². The van der Waals surface area contributed by atoms with Crippen LogP contribution in [0.4, 0.5) is 0 Å². The zero-order valence-electron chi connectivity index (χ0n) is 7.52. The molecule has 0 aliphatic heterocycles. The van der Waals surface area contributed by atoms with Crippen LogP contribution in [0.1, 0.15) is 10.6 Å². The Morgan fingerprint density at radius 2 is 2.36 bits per heavy atom. The Hall–Kier alpha value is -1.75. The standard InChI is InChI=1S/C9H9NO4/c1-10-3-2-6-7(10)8(13)9(14-6)5(12)4-11/h2-3,11,13H,4H2,1H3. The van der Waals surface area contributed by atoms with E-state index in [1.165, 1.54) is 0 Å². The third-order valence-corrected chi connectivity index (χ3v) is 2.08. The van der Waals surface area contributed by atoms with Crippen molar-refractivity contribution < 1.29 is 19.4 Å². The normalized spacial score (nSPS) is 11.0. The van der Waals surface area contributed by atoms with Crippen LogP contribution in [0.15, 0.2) is 16.7 Å². The van der Waals surface area contributed by atoms with E-state index in [1.54, 1.807) is 23.9 Å². The molecule has 0 aromatic carbocycles. The number of hydrogen-bond donors (Lipinski definition) is 2. The summed E-state index contributed by atoms with van der Waals surface area (Å²) in [6.07, 6.45) is 1.71. The average Bonchev–Trinajstić information content (AvgIpc) is 2.68. The lowest BCUT2D eigenvalue weighted by atomic mass is 10.3. The lowest BCUT2D eigenvalue weighted by molar-refractivity contribution is 0.0874. The number of rotatable bonds is 2. The molecule has 0 aliphatic rings. The van der Waals surface area contributed by atoms with Crippen molar-refractivity contribution in [2.75, 3.05) is 6.61 Å². The number of aliphatic hydroxyl groups excluding tert-OH is 1. The molecule has 0 atom stereocenters. The number of furan rings is 1. The molecular weight excluding hydrogens is 186 g/mol. The summed E-state index contributed by atoms with van der Waals surface area (Å²) in [7, 11) is 1.73. The van der Waals surface area contributed by atoms with Crippen LogP contribution in [-0.4, -0.2) is 27.2 Å². The van der Waals surface area contributed by atoms with Crippen molar-refractivity contribution >= 4 is 16.9 Å². The van der Waals surface area contributed by atoms with Gasteiger partial charge >= 0.3 is 0 Å². The highest BCUT2D eigenvalue weighted by Crippen LogP contribution is 2.32. The van der Waals surface area contributed by atoms with Crippen LogP contribution in [-0.2, 0) is 7.05 Å². The third-order valence-electron chi connectivity index (χ3n) is 2.08. The smallest absolute Gasteiger partial charge is 0.227 e. The molecule has 74 valence electrons. The molecule has 0 fully saturated rings. The monoisotopic (exact) mass is 195 g/mol. The van der Waals surface area contributed by atoms with E-state index in [1.807, 2.05) is 0 Å². The van der Waals surface area contributed by atoms with E-state index in [2.05, 4.69) is 0 Å². The first-order valence-electron chi connectivity index (χ1n) is 4.06. The summed E-state index contributed by atoms with van der Waals surface area (Å²) >= 11 is 0. The maximum absolute atomic E-state index is 11.1. The molecule has 0 saturated heterocycles. The molecule has 0 radical (unpaired) electrons. The molecule has 5 nitrogen and oxygen atoms in total. The van der Waals surface area contributed by atoms with Gasteiger partial charge in [0.2, 0.25) is 11.5 Å². The number of Topliss-reactive ketones (excluding diaryl/α,β-unsaturated/α-hetero) is 1. The fourth-order valence-corrected chi connectivity index (χ4v) is 1.40. The van der Waals surface area contributed by atoms with Gasteiger partial charge in [0.15, 0.2) is 11.3 Å². The van der Waals surface area contributed by atoms with Crippen LogP contribution < -0.4 is 0 Å². The molecule has 5 heteroatoms. The highest BCUT2D eigenvalue weighted by Gasteiger charge is 2.21. The zero-order valence-corrected chi connectivity index (χ0v) is 7.52. The van der Waals surface area contributed by atoms with E-state index in [0.717, 1.165) is 0 Å². The van der Waals surface area contributed by atoms with Gasteiger partial charge < -0.3 is 19.2 Å². The fourth-order valence-electron chi connectivity index (χ4n) is 1.40. The van der Waals surface area contributed by atoms with Crippen LogP contribution >= 0.6 is 0 Å². The molecule has 0 saturated carbocycles. The molecule has 2 rings (SSSR count). The van der Waals surface area contributed by atoms with Crippen LogP contribution in [0, 0.1) is 0 Å². The van der Waals surface area contributed by atoms with E-state index in [0.29, 0.717) is 11.1 Å². The van der Waals surface area contributed by atoms with Gasteiger partial charge in [0.1, 0.15) is 12.1 Å². The van der Waals surface area contributed by atoms with Crippen molar-refractivity contribution in [3.05, 3.63) is 18.0 Å². The molecule has 0 spiro atoms. The summed E-state index contributed by atoms with van der Waals surface area (Å²) in [6.45, 7) is -0.673. The van der Waals surface area contributed by atoms with Crippen molar-refractivity contribution in [3.63, 3.8) is 0 Å². The second kappa shape index (κ2) is 2.88. The number of aromatic hydroxyl groups is 1. The fraction of sp³-hybridized carbons (Fsp3) is 0.222. The summed E-state index contributed by atoms with van der Waals surface area (Å²) in [4.78, 5) is 11.1. The molecule has 0 aliphatic carbocycles. The Balaban J connectivity index is 2.69. The molecule has 2 aromatic rings. The van der Waals surface area contributed by atoms with Gasteiger partial charge in [0.05, 0.1) is 0 Å². The van der Waals surface area contributed by atoms with Gasteiger partial charge in [-0.2, -0.15) is 0 Å². The largest absolute Gasteiger partial charge is 0.503 e. The third kappa shape index (κ3) is 1.03. The minimum absolute atomic E-state index is 0.186. The topological polar surface area (TPSA) is 75.6 Å². The number of carbonyl (C=O) groups excluding carboxylic acids is 1. The highest BCUT2D eigenvalue weighted by molar-refractivity contribution is 6.02. The average molecular weight is 195 g/mol. The van der Waals surface area contributed by atoms with Gasteiger partial charge in [-0.1, -0.05) is 0 Å². The van der Waals surface area contributed by atoms with Gasteiger partial charge in [-0.15, -0.1) is 0 Å². The number of fused-ring (bicyclic) bond motifs is 1. The summed E-state index contributed by atoms with van der Waals surface area (Å²) in [5.41, 5.74) is 0.892. The first-order chi connectivity index (χ1) is 6.65. The first-order valence-corrected chi connectivity index (χ1v) is 4.06. The zero-order chi connectivity index (χ0) is 10.3. The van der Waals surface area contributed by atoms with E-state index in [9.17, 15) is 9.90 Å². The highest BCUT2D eigenvalue weighted by atomic mass is 16.4. The van der Waals surface area contributed by atoms with Crippen molar-refractivity contribution in [1.82, 2.24) is 4.57 Å². The minimum Gasteiger partial charge on any atom is -0.503 e. The summed E-state index contributed by atoms with van der Waals surface area (Å²) < 4.78 is 6.73. The Morgan fingerprint density at radius 3 is 2.93 bits per heavy atom. The summed E-state index contributed by atoms with van der Waals surface area (Å²) in [6, 6.07) is 1.64. The van der Waals surface area contributed by atoms with Crippen molar-refractivity contribution in [3.8, 4) is 5.75 Å². The van der Waals surface area contributed by atoms with Crippen molar-refractivity contribution in [2.45, 2.75) is 0 Å². The second-order valence-corrected chi connectivity index (χ2v) is 3.00. The Bertz CT molecular complexity index is 494. The maximum atomic E-state index is 11.1. The Kier molecular flexibility index (Phi) is 1.82. The molecule has 14 heavy (non-hydrogen) atoms. The molecule has 2 heterocycles. The Morgan fingerprint density at radius 1 is 1.64 bits per heavy atom.